The lowest BCUT2D eigenvalue weighted by molar-refractivity contribution is -0.160. The van der Waals surface area contributed by atoms with Crippen molar-refractivity contribution in [3.8, 4) is 0 Å². The Kier molecular flexibility index (Phi) is 69.9. The third-order valence-electron chi connectivity index (χ3n) is 14.5. The van der Waals surface area contributed by atoms with Gasteiger partial charge in [0.05, 0.1) is 45.7 Å². The van der Waals surface area contributed by atoms with Crippen molar-refractivity contribution in [1.29, 1.82) is 0 Å². The number of allylic oxidation sites excluding steroid dienone is 33. The molecule has 0 fully saturated rings. The van der Waals surface area contributed by atoms with E-state index < -0.39 is 97.5 Å². The first-order valence-electron chi connectivity index (χ1n) is 38.0. The molecule has 0 rings (SSSR count). The molecule has 19 heteroatoms. The SMILES string of the molecule is CC/C=C\C/C=C\C/C=C\C/C=C\C/C=C\CC(=O)OCC(COP(=O)(O)OCC(O)COP(=O)(O)OCC(COC(=O)CCCCCCCC/C=C\C/C=C\C/C=C\CCCCC)OC(=O)C/C=C\C/C=C\C/C=C\C/C=C\C/C=C\CC)OC(=O)C/C=C\C/C=C\C/C=C\C/C=C\C/C=C\CC. The van der Waals surface area contributed by atoms with Crippen LogP contribution in [0.5, 0.6) is 0 Å². The molecular weight excluding hydrogens is 1350 g/mol. The van der Waals surface area contributed by atoms with E-state index in [0.29, 0.717) is 25.7 Å². The van der Waals surface area contributed by atoms with Gasteiger partial charge >= 0.3 is 39.5 Å². The molecular formula is C85H130O17P2. The Labute approximate surface area is 626 Å². The first-order chi connectivity index (χ1) is 50.7. The number of phosphoric ester groups is 2. The summed E-state index contributed by atoms with van der Waals surface area (Å²) in [4.78, 5) is 72.7. The summed E-state index contributed by atoms with van der Waals surface area (Å²) in [6, 6.07) is 0. The van der Waals surface area contributed by atoms with E-state index in [2.05, 4.69) is 174 Å². The summed E-state index contributed by atoms with van der Waals surface area (Å²) in [7, 11) is -10.1. The van der Waals surface area contributed by atoms with Crippen LogP contribution in [0.25, 0.3) is 0 Å². The number of rotatable bonds is 68. The number of phosphoric acid groups is 2. The second-order valence-electron chi connectivity index (χ2n) is 24.1. The predicted octanol–water partition coefficient (Wildman–Crippen LogP) is 22.1. The Bertz CT molecular complexity index is 2840. The van der Waals surface area contributed by atoms with Gasteiger partial charge in [-0.3, -0.25) is 37.3 Å². The lowest BCUT2D eigenvalue weighted by Crippen LogP contribution is -2.30. The Morgan fingerprint density at radius 1 is 0.288 bits per heavy atom. The normalized spacial score (nSPS) is 15.1. The fourth-order valence-electron chi connectivity index (χ4n) is 8.86. The molecule has 5 atom stereocenters. The maximum Gasteiger partial charge on any atom is 0.472 e. The van der Waals surface area contributed by atoms with Crippen LogP contribution in [0.15, 0.2) is 219 Å². The van der Waals surface area contributed by atoms with Crippen molar-refractivity contribution in [3.05, 3.63) is 219 Å². The highest BCUT2D eigenvalue weighted by molar-refractivity contribution is 7.47. The van der Waals surface area contributed by atoms with Gasteiger partial charge in [-0.2, -0.15) is 0 Å². The molecule has 0 amide bonds. The number of aliphatic hydroxyl groups is 1. The summed E-state index contributed by atoms with van der Waals surface area (Å²) in [6.45, 7) is 4.08. The standard InChI is InChI=1S/C85H130O17P2/c1-5-9-13-17-21-25-29-33-37-38-39-40-44-46-50-54-58-62-66-70-83(88)96-76-81(102-85(90)72-68-64-60-56-52-48-43-36-32-28-24-20-16-12-8-4)78-100-104(93,94)98-74-79(86)73-97-103(91,92)99-77-80(101-84(89)71-67-63-59-55-51-47-42-35-31-27-23-19-15-11-7-3)75-95-82(87)69-65-61-57-53-49-45-41-34-30-26-22-18-14-10-6-2/h10-12,14-16,21-28,33-37,39-43,49,51-53,55-56,61,63-65,67-68,79-81,86H,5-9,13,17-20,29-32,38,44-48,50,54,57-60,62,66,69-78H2,1-4H3,(H,91,92)(H,93,94)/b14-10-,15-11-,16-12-,25-21-,26-22-,27-23-,28-24-,37-33-,40-39-,41-34-,42-35-,43-36-,53-49-,55-51-,56-52-,65-61-,67-63-,68-64-. The molecule has 0 bridgehead atoms. The van der Waals surface area contributed by atoms with Crippen molar-refractivity contribution in [3.63, 3.8) is 0 Å². The van der Waals surface area contributed by atoms with E-state index in [9.17, 15) is 43.2 Å². The maximum atomic E-state index is 13.1. The fraction of sp³-hybridized carbons (Fsp3) is 0.529. The number of esters is 4. The van der Waals surface area contributed by atoms with Crippen LogP contribution in [-0.4, -0.2) is 96.7 Å². The third kappa shape index (κ3) is 73.7. The number of carbonyl (C=O) groups excluding carboxylic acids is 4. The highest BCUT2D eigenvalue weighted by Crippen LogP contribution is 2.45. The average molecular weight is 1490 g/mol. The summed E-state index contributed by atoms with van der Waals surface area (Å²) >= 11 is 0. The minimum Gasteiger partial charge on any atom is -0.462 e. The Morgan fingerprint density at radius 2 is 0.538 bits per heavy atom. The van der Waals surface area contributed by atoms with Crippen LogP contribution in [0.2, 0.25) is 0 Å². The van der Waals surface area contributed by atoms with Crippen molar-refractivity contribution in [2.75, 3.05) is 39.6 Å². The van der Waals surface area contributed by atoms with Crippen LogP contribution < -0.4 is 0 Å². The van der Waals surface area contributed by atoms with Crippen molar-refractivity contribution >= 4 is 39.5 Å². The first-order valence-corrected chi connectivity index (χ1v) is 41.0. The van der Waals surface area contributed by atoms with Gasteiger partial charge in [0.25, 0.3) is 0 Å². The monoisotopic (exact) mass is 1480 g/mol. The van der Waals surface area contributed by atoms with Gasteiger partial charge in [0, 0.05) is 6.42 Å². The van der Waals surface area contributed by atoms with E-state index in [4.69, 9.17) is 37.0 Å². The molecule has 0 radical (unpaired) electrons. The van der Waals surface area contributed by atoms with E-state index in [-0.39, 0.29) is 25.7 Å². The summed E-state index contributed by atoms with van der Waals surface area (Å²) in [5, 5.41) is 10.6. The molecule has 0 saturated heterocycles. The largest absolute Gasteiger partial charge is 0.472 e. The van der Waals surface area contributed by atoms with Gasteiger partial charge < -0.3 is 33.8 Å². The van der Waals surface area contributed by atoms with Gasteiger partial charge in [-0.1, -0.05) is 285 Å². The molecule has 0 saturated carbocycles. The molecule has 0 aromatic rings. The van der Waals surface area contributed by atoms with Crippen molar-refractivity contribution in [2.45, 2.75) is 251 Å². The summed E-state index contributed by atoms with van der Waals surface area (Å²) < 4.78 is 68.0. The highest BCUT2D eigenvalue weighted by atomic mass is 31.2. The average Bonchev–Trinajstić information content (AvgIpc) is 0.912. The lowest BCUT2D eigenvalue weighted by Gasteiger charge is -2.21. The lowest BCUT2D eigenvalue weighted by atomic mass is 10.1. The summed E-state index contributed by atoms with van der Waals surface area (Å²) in [6.07, 6.45) is 94.6. The first kappa shape index (κ1) is 97.4. The van der Waals surface area contributed by atoms with Crippen LogP contribution in [0.4, 0.5) is 0 Å². The molecule has 0 heterocycles. The molecule has 582 valence electrons. The number of aliphatic hydroxyl groups excluding tert-OH is 1. The number of hydrogen-bond donors (Lipinski definition) is 3. The topological polar surface area (TPSA) is 237 Å². The van der Waals surface area contributed by atoms with Gasteiger partial charge in [-0.05, 0) is 141 Å². The van der Waals surface area contributed by atoms with Gasteiger partial charge in [-0.15, -0.1) is 0 Å². The molecule has 0 spiro atoms. The van der Waals surface area contributed by atoms with Crippen LogP contribution in [0, 0.1) is 0 Å². The molecule has 0 aromatic heterocycles. The van der Waals surface area contributed by atoms with E-state index in [0.717, 1.165) is 135 Å². The summed E-state index contributed by atoms with van der Waals surface area (Å²) in [5.41, 5.74) is 0. The molecule has 3 N–H and O–H groups in total. The number of carbonyl (C=O) groups is 4. The third-order valence-corrected chi connectivity index (χ3v) is 16.4. The Morgan fingerprint density at radius 3 is 0.856 bits per heavy atom. The maximum absolute atomic E-state index is 13.1. The Hall–Kier alpha value is -6.62. The second kappa shape index (κ2) is 74.6. The number of hydrogen-bond acceptors (Lipinski definition) is 15. The van der Waals surface area contributed by atoms with Gasteiger partial charge in [0.15, 0.2) is 12.2 Å². The zero-order valence-corrected chi connectivity index (χ0v) is 65.1. The minimum absolute atomic E-state index is 0.102. The van der Waals surface area contributed by atoms with E-state index in [1.54, 1.807) is 36.5 Å². The minimum atomic E-state index is -5.04. The van der Waals surface area contributed by atoms with Crippen molar-refractivity contribution in [1.82, 2.24) is 0 Å². The van der Waals surface area contributed by atoms with Crippen LogP contribution in [0.3, 0.4) is 0 Å². The zero-order chi connectivity index (χ0) is 76.0. The molecule has 104 heavy (non-hydrogen) atoms. The van der Waals surface area contributed by atoms with E-state index >= 15 is 0 Å². The van der Waals surface area contributed by atoms with Crippen molar-refractivity contribution in [2.24, 2.45) is 0 Å². The number of unbranched alkanes of at least 4 members (excludes halogenated alkanes) is 9. The summed E-state index contributed by atoms with van der Waals surface area (Å²) in [5.74, 6) is -2.67. The van der Waals surface area contributed by atoms with Gasteiger partial charge in [0.1, 0.15) is 19.3 Å². The molecule has 0 aliphatic heterocycles. The predicted molar refractivity (Wildman–Crippen MR) is 426 cm³/mol. The van der Waals surface area contributed by atoms with Gasteiger partial charge in [-0.25, -0.2) is 9.13 Å². The molecule has 17 nitrogen and oxygen atoms in total. The van der Waals surface area contributed by atoms with Crippen molar-refractivity contribution < 1.29 is 80.2 Å². The molecule has 0 aliphatic carbocycles. The van der Waals surface area contributed by atoms with Crippen LogP contribution in [0.1, 0.15) is 233 Å². The number of ether oxygens (including phenoxy) is 4. The fourth-order valence-corrected chi connectivity index (χ4v) is 10.4. The van der Waals surface area contributed by atoms with Crippen LogP contribution >= 0.6 is 15.6 Å². The quantitative estimate of drug-likeness (QED) is 0.0169. The second-order valence-corrected chi connectivity index (χ2v) is 27.0. The molecule has 0 aromatic carbocycles. The van der Waals surface area contributed by atoms with Gasteiger partial charge in [0.2, 0.25) is 0 Å². The van der Waals surface area contributed by atoms with Crippen LogP contribution in [-0.2, 0) is 65.4 Å². The zero-order valence-electron chi connectivity index (χ0n) is 63.3. The molecule has 5 unspecified atom stereocenters. The van der Waals surface area contributed by atoms with E-state index in [1.165, 1.54) is 19.3 Å². The van der Waals surface area contributed by atoms with E-state index in [1.807, 2.05) is 36.5 Å². The molecule has 0 aliphatic rings. The smallest absolute Gasteiger partial charge is 0.462 e. The Balaban J connectivity index is 5.59. The highest BCUT2D eigenvalue weighted by Gasteiger charge is 2.30.